The Labute approximate surface area is 132 Å². The summed E-state index contributed by atoms with van der Waals surface area (Å²) in [5.41, 5.74) is 0.617. The predicted molar refractivity (Wildman–Crippen MR) is 81.2 cm³/mol. The van der Waals surface area contributed by atoms with E-state index in [1.807, 2.05) is 0 Å². The highest BCUT2D eigenvalue weighted by molar-refractivity contribution is 6.31. The van der Waals surface area contributed by atoms with Crippen molar-refractivity contribution in [3.05, 3.63) is 53.3 Å². The number of rotatable bonds is 3. The first-order valence-electron chi connectivity index (χ1n) is 6.74. The zero-order valence-electron chi connectivity index (χ0n) is 11.6. The molecular weight excluding hydrogens is 309 g/mol. The number of hydrogen-bond donors (Lipinski definition) is 0. The maximum atomic E-state index is 13.1. The summed E-state index contributed by atoms with van der Waals surface area (Å²) in [6.45, 7) is 0.633. The molecule has 1 aliphatic heterocycles. The quantitative estimate of drug-likeness (QED) is 0.871. The van der Waals surface area contributed by atoms with Crippen LogP contribution in [0, 0.1) is 5.82 Å². The SMILES string of the molecule is O=C(COc1cccc(F)c1)N1CCOc2ccc(Cl)cc21. The highest BCUT2D eigenvalue weighted by Crippen LogP contribution is 2.34. The van der Waals surface area contributed by atoms with Crippen LogP contribution in [0.5, 0.6) is 11.5 Å². The lowest BCUT2D eigenvalue weighted by molar-refractivity contribution is -0.120. The molecule has 4 nitrogen and oxygen atoms in total. The van der Waals surface area contributed by atoms with Gasteiger partial charge >= 0.3 is 0 Å². The van der Waals surface area contributed by atoms with E-state index in [-0.39, 0.29) is 12.5 Å². The van der Waals surface area contributed by atoms with E-state index in [2.05, 4.69) is 0 Å². The Morgan fingerprint density at radius 1 is 1.32 bits per heavy atom. The average Bonchev–Trinajstić information content (AvgIpc) is 2.52. The van der Waals surface area contributed by atoms with Gasteiger partial charge in [-0.25, -0.2) is 4.39 Å². The maximum absolute atomic E-state index is 13.1. The van der Waals surface area contributed by atoms with E-state index in [4.69, 9.17) is 21.1 Å². The molecule has 0 saturated heterocycles. The van der Waals surface area contributed by atoms with Gasteiger partial charge in [0.1, 0.15) is 23.9 Å². The second-order valence-electron chi connectivity index (χ2n) is 4.75. The summed E-state index contributed by atoms with van der Waals surface area (Å²) in [5.74, 6) is 0.271. The van der Waals surface area contributed by atoms with Crippen LogP contribution in [0.3, 0.4) is 0 Å². The van der Waals surface area contributed by atoms with Crippen molar-refractivity contribution in [3.8, 4) is 11.5 Å². The smallest absolute Gasteiger partial charge is 0.265 e. The third kappa shape index (κ3) is 3.14. The molecule has 1 heterocycles. The molecular formula is C16H13ClFNO3. The van der Waals surface area contributed by atoms with Crippen LogP contribution in [0.1, 0.15) is 0 Å². The number of hydrogen-bond acceptors (Lipinski definition) is 3. The summed E-state index contributed by atoms with van der Waals surface area (Å²) in [4.78, 5) is 13.9. The van der Waals surface area contributed by atoms with Crippen molar-refractivity contribution < 1.29 is 18.7 Å². The lowest BCUT2D eigenvalue weighted by atomic mass is 10.2. The zero-order valence-corrected chi connectivity index (χ0v) is 12.3. The number of benzene rings is 2. The molecule has 114 valence electrons. The van der Waals surface area contributed by atoms with E-state index < -0.39 is 5.82 Å². The van der Waals surface area contributed by atoms with Crippen molar-refractivity contribution >= 4 is 23.2 Å². The minimum Gasteiger partial charge on any atom is -0.490 e. The second-order valence-corrected chi connectivity index (χ2v) is 5.19. The summed E-state index contributed by atoms with van der Waals surface area (Å²) in [5, 5.41) is 0.521. The summed E-state index contributed by atoms with van der Waals surface area (Å²) in [6, 6.07) is 10.8. The number of ether oxygens (including phenoxy) is 2. The van der Waals surface area contributed by atoms with Gasteiger partial charge in [0, 0.05) is 11.1 Å². The first-order chi connectivity index (χ1) is 10.6. The van der Waals surface area contributed by atoms with Gasteiger partial charge in [0.2, 0.25) is 0 Å². The van der Waals surface area contributed by atoms with Gasteiger partial charge in [-0.3, -0.25) is 4.79 Å². The normalized spacial score (nSPS) is 13.3. The molecule has 2 aromatic rings. The Bertz CT molecular complexity index is 708. The second kappa shape index (κ2) is 6.23. The van der Waals surface area contributed by atoms with Crippen LogP contribution in [-0.2, 0) is 4.79 Å². The fourth-order valence-electron chi connectivity index (χ4n) is 2.23. The summed E-state index contributed by atoms with van der Waals surface area (Å²) in [6.07, 6.45) is 0. The molecule has 0 unspecified atom stereocenters. The molecule has 3 rings (SSSR count). The van der Waals surface area contributed by atoms with E-state index in [1.54, 1.807) is 29.2 Å². The zero-order chi connectivity index (χ0) is 15.5. The van der Waals surface area contributed by atoms with Crippen LogP contribution >= 0.6 is 11.6 Å². The number of anilines is 1. The molecule has 1 amide bonds. The lowest BCUT2D eigenvalue weighted by Gasteiger charge is -2.29. The van der Waals surface area contributed by atoms with Crippen molar-refractivity contribution in [2.24, 2.45) is 0 Å². The Balaban J connectivity index is 1.72. The molecule has 0 radical (unpaired) electrons. The van der Waals surface area contributed by atoms with Gasteiger partial charge in [-0.15, -0.1) is 0 Å². The first kappa shape index (κ1) is 14.7. The molecule has 0 saturated carbocycles. The van der Waals surface area contributed by atoms with Gasteiger partial charge in [0.15, 0.2) is 6.61 Å². The molecule has 0 aliphatic carbocycles. The van der Waals surface area contributed by atoms with Crippen molar-refractivity contribution in [2.45, 2.75) is 0 Å². The van der Waals surface area contributed by atoms with Crippen molar-refractivity contribution in [3.63, 3.8) is 0 Å². The van der Waals surface area contributed by atoms with Gasteiger partial charge in [0.05, 0.1) is 12.2 Å². The van der Waals surface area contributed by atoms with Gasteiger partial charge in [-0.1, -0.05) is 17.7 Å². The number of nitrogens with zero attached hydrogens (tertiary/aromatic N) is 1. The standard InChI is InChI=1S/C16H13ClFNO3/c17-11-4-5-15-14(8-11)19(6-7-21-15)16(20)10-22-13-3-1-2-12(18)9-13/h1-5,8-9H,6-7,10H2. The van der Waals surface area contributed by atoms with Crippen LogP contribution in [0.4, 0.5) is 10.1 Å². The van der Waals surface area contributed by atoms with Crippen molar-refractivity contribution in [1.82, 2.24) is 0 Å². The average molecular weight is 322 g/mol. The number of carbonyl (C=O) groups is 1. The summed E-state index contributed by atoms with van der Waals surface area (Å²) < 4.78 is 23.9. The fourth-order valence-corrected chi connectivity index (χ4v) is 2.40. The summed E-state index contributed by atoms with van der Waals surface area (Å²) >= 11 is 5.97. The molecule has 0 aromatic heterocycles. The van der Waals surface area contributed by atoms with Crippen LogP contribution in [0.25, 0.3) is 0 Å². The Hall–Kier alpha value is -2.27. The van der Waals surface area contributed by atoms with Crippen LogP contribution in [0.15, 0.2) is 42.5 Å². The predicted octanol–water partition coefficient (Wildman–Crippen LogP) is 3.28. The van der Waals surface area contributed by atoms with Gasteiger partial charge in [-0.2, -0.15) is 0 Å². The summed E-state index contributed by atoms with van der Waals surface area (Å²) in [7, 11) is 0. The van der Waals surface area contributed by atoms with E-state index in [0.29, 0.717) is 35.4 Å². The van der Waals surface area contributed by atoms with E-state index in [0.717, 1.165) is 0 Å². The molecule has 0 spiro atoms. The monoisotopic (exact) mass is 321 g/mol. The molecule has 2 aromatic carbocycles. The first-order valence-corrected chi connectivity index (χ1v) is 7.12. The lowest BCUT2D eigenvalue weighted by Crippen LogP contribution is -2.40. The van der Waals surface area contributed by atoms with Crippen molar-refractivity contribution in [2.75, 3.05) is 24.7 Å². The molecule has 0 fully saturated rings. The molecule has 22 heavy (non-hydrogen) atoms. The highest BCUT2D eigenvalue weighted by Gasteiger charge is 2.24. The number of carbonyl (C=O) groups excluding carboxylic acids is 1. The number of fused-ring (bicyclic) bond motifs is 1. The van der Waals surface area contributed by atoms with E-state index in [9.17, 15) is 9.18 Å². The highest BCUT2D eigenvalue weighted by atomic mass is 35.5. The Kier molecular flexibility index (Phi) is 4.15. The molecule has 6 heteroatoms. The van der Waals surface area contributed by atoms with Crippen LogP contribution in [-0.4, -0.2) is 25.7 Å². The van der Waals surface area contributed by atoms with Crippen molar-refractivity contribution in [1.29, 1.82) is 0 Å². The minimum atomic E-state index is -0.409. The number of halogens is 2. The van der Waals surface area contributed by atoms with Crippen LogP contribution in [0.2, 0.25) is 5.02 Å². The van der Waals surface area contributed by atoms with Gasteiger partial charge in [0.25, 0.3) is 5.91 Å². The molecule has 0 atom stereocenters. The molecule has 0 N–H and O–H groups in total. The Morgan fingerprint density at radius 2 is 2.18 bits per heavy atom. The maximum Gasteiger partial charge on any atom is 0.265 e. The third-order valence-electron chi connectivity index (χ3n) is 3.24. The Morgan fingerprint density at radius 3 is 3.00 bits per heavy atom. The molecule has 1 aliphatic rings. The minimum absolute atomic E-state index is 0.185. The van der Waals surface area contributed by atoms with E-state index >= 15 is 0 Å². The number of amides is 1. The third-order valence-corrected chi connectivity index (χ3v) is 3.48. The molecule has 0 bridgehead atoms. The fraction of sp³-hybridized carbons (Fsp3) is 0.188. The largest absolute Gasteiger partial charge is 0.490 e. The van der Waals surface area contributed by atoms with Crippen LogP contribution < -0.4 is 14.4 Å². The topological polar surface area (TPSA) is 38.8 Å². The van der Waals surface area contributed by atoms with Gasteiger partial charge < -0.3 is 14.4 Å². The van der Waals surface area contributed by atoms with E-state index in [1.165, 1.54) is 18.2 Å². The van der Waals surface area contributed by atoms with Gasteiger partial charge in [-0.05, 0) is 30.3 Å².